The Labute approximate surface area is 124 Å². The molecule has 0 saturated carbocycles. The third-order valence-corrected chi connectivity index (χ3v) is 3.09. The van der Waals surface area contributed by atoms with Gasteiger partial charge in [-0.05, 0) is 42.0 Å². The number of rotatable bonds is 4. The molecule has 2 aromatic rings. The zero-order valence-electron chi connectivity index (χ0n) is 12.1. The van der Waals surface area contributed by atoms with Crippen molar-refractivity contribution in [3.63, 3.8) is 0 Å². The van der Waals surface area contributed by atoms with Crippen molar-refractivity contribution in [2.24, 2.45) is 0 Å². The third kappa shape index (κ3) is 3.83. The monoisotopic (exact) mass is 279 g/mol. The normalized spacial score (nSPS) is 9.76. The maximum Gasteiger partial charge on any atom is 0.253 e. The number of nitriles is 1. The molecule has 0 aliphatic carbocycles. The second-order valence-corrected chi connectivity index (χ2v) is 4.94. The fourth-order valence-electron chi connectivity index (χ4n) is 1.94. The zero-order chi connectivity index (χ0) is 15.2. The van der Waals surface area contributed by atoms with Crippen LogP contribution >= 0.6 is 0 Å². The van der Waals surface area contributed by atoms with Crippen LogP contribution in [0.2, 0.25) is 0 Å². The molecule has 0 aromatic heterocycles. The minimum atomic E-state index is -0.0109. The first-order valence-electron chi connectivity index (χ1n) is 6.65. The Morgan fingerprint density at radius 3 is 2.52 bits per heavy atom. The van der Waals surface area contributed by atoms with Crippen LogP contribution in [0.15, 0.2) is 48.5 Å². The van der Waals surface area contributed by atoms with E-state index < -0.39 is 0 Å². The Bertz CT molecular complexity index is 669. The smallest absolute Gasteiger partial charge is 0.253 e. The number of hydrogen-bond donors (Lipinski definition) is 1. The highest BCUT2D eigenvalue weighted by molar-refractivity contribution is 5.94. The van der Waals surface area contributed by atoms with Crippen LogP contribution in [-0.2, 0) is 6.54 Å². The number of hydrogen-bond acceptors (Lipinski definition) is 3. The summed E-state index contributed by atoms with van der Waals surface area (Å²) in [5, 5.41) is 12.1. The van der Waals surface area contributed by atoms with Gasteiger partial charge in [-0.2, -0.15) is 5.26 Å². The van der Waals surface area contributed by atoms with Crippen molar-refractivity contribution in [2.75, 3.05) is 19.4 Å². The molecule has 2 rings (SSSR count). The van der Waals surface area contributed by atoms with Crippen LogP contribution in [-0.4, -0.2) is 24.9 Å². The van der Waals surface area contributed by atoms with Crippen molar-refractivity contribution in [2.45, 2.75) is 6.54 Å². The summed E-state index contributed by atoms with van der Waals surface area (Å²) in [5.74, 6) is -0.0109. The molecule has 0 fully saturated rings. The number of carbonyl (C=O) groups excluding carboxylic acids is 1. The molecule has 0 bridgehead atoms. The lowest BCUT2D eigenvalue weighted by atomic mass is 10.1. The number of benzene rings is 2. The van der Waals surface area contributed by atoms with Gasteiger partial charge in [0.15, 0.2) is 0 Å². The number of anilines is 1. The van der Waals surface area contributed by atoms with E-state index in [4.69, 9.17) is 5.26 Å². The highest BCUT2D eigenvalue weighted by Crippen LogP contribution is 2.13. The summed E-state index contributed by atoms with van der Waals surface area (Å²) in [4.78, 5) is 13.3. The lowest BCUT2D eigenvalue weighted by Crippen LogP contribution is -2.21. The lowest BCUT2D eigenvalue weighted by Gasteiger charge is -2.11. The SMILES string of the molecule is CN(C)C(=O)c1ccc(NCc2cccc(C#N)c2)cc1. The van der Waals surface area contributed by atoms with E-state index in [1.807, 2.05) is 30.3 Å². The van der Waals surface area contributed by atoms with Crippen molar-refractivity contribution < 1.29 is 4.79 Å². The van der Waals surface area contributed by atoms with Crippen molar-refractivity contribution >= 4 is 11.6 Å². The summed E-state index contributed by atoms with van der Waals surface area (Å²) in [5.41, 5.74) is 3.30. The third-order valence-electron chi connectivity index (χ3n) is 3.09. The van der Waals surface area contributed by atoms with Crippen LogP contribution in [0.5, 0.6) is 0 Å². The molecule has 0 atom stereocenters. The lowest BCUT2D eigenvalue weighted by molar-refractivity contribution is 0.0827. The molecule has 4 heteroatoms. The summed E-state index contributed by atoms with van der Waals surface area (Å²) in [6, 6.07) is 17.0. The summed E-state index contributed by atoms with van der Waals surface area (Å²) in [6.07, 6.45) is 0. The fourth-order valence-corrected chi connectivity index (χ4v) is 1.94. The molecule has 1 amide bonds. The van der Waals surface area contributed by atoms with Gasteiger partial charge >= 0.3 is 0 Å². The molecular formula is C17H17N3O. The van der Waals surface area contributed by atoms with E-state index in [0.29, 0.717) is 17.7 Å². The quantitative estimate of drug-likeness (QED) is 0.936. The predicted molar refractivity (Wildman–Crippen MR) is 82.9 cm³/mol. The molecule has 0 aliphatic rings. The van der Waals surface area contributed by atoms with E-state index in [1.165, 1.54) is 0 Å². The van der Waals surface area contributed by atoms with E-state index in [1.54, 1.807) is 37.2 Å². The molecule has 0 saturated heterocycles. The first-order valence-corrected chi connectivity index (χ1v) is 6.65. The summed E-state index contributed by atoms with van der Waals surface area (Å²) in [6.45, 7) is 0.635. The maximum absolute atomic E-state index is 11.8. The van der Waals surface area contributed by atoms with Gasteiger partial charge < -0.3 is 10.2 Å². The Hall–Kier alpha value is -2.80. The first-order chi connectivity index (χ1) is 10.1. The molecule has 0 spiro atoms. The average Bonchev–Trinajstić information content (AvgIpc) is 2.53. The van der Waals surface area contributed by atoms with Crippen LogP contribution in [0, 0.1) is 11.3 Å². The molecule has 1 N–H and O–H groups in total. The van der Waals surface area contributed by atoms with Gasteiger partial charge in [-0.15, -0.1) is 0 Å². The molecule has 21 heavy (non-hydrogen) atoms. The van der Waals surface area contributed by atoms with Crippen molar-refractivity contribution in [1.29, 1.82) is 5.26 Å². The van der Waals surface area contributed by atoms with E-state index in [2.05, 4.69) is 11.4 Å². The Balaban J connectivity index is 2.01. The van der Waals surface area contributed by atoms with Crippen molar-refractivity contribution in [3.8, 4) is 6.07 Å². The van der Waals surface area contributed by atoms with Gasteiger partial charge in [0.05, 0.1) is 11.6 Å². The van der Waals surface area contributed by atoms with Crippen molar-refractivity contribution in [1.82, 2.24) is 4.90 Å². The number of amides is 1. The molecule has 0 unspecified atom stereocenters. The van der Waals surface area contributed by atoms with Crippen LogP contribution < -0.4 is 5.32 Å². The largest absolute Gasteiger partial charge is 0.381 e. The van der Waals surface area contributed by atoms with Gasteiger partial charge in [0.1, 0.15) is 0 Å². The van der Waals surface area contributed by atoms with Gasteiger partial charge in [-0.3, -0.25) is 4.79 Å². The van der Waals surface area contributed by atoms with Gasteiger partial charge in [-0.1, -0.05) is 12.1 Å². The summed E-state index contributed by atoms with van der Waals surface area (Å²) in [7, 11) is 3.47. The summed E-state index contributed by atoms with van der Waals surface area (Å²) < 4.78 is 0. The minimum Gasteiger partial charge on any atom is -0.381 e. The van der Waals surface area contributed by atoms with Gasteiger partial charge in [0, 0.05) is 31.9 Å². The van der Waals surface area contributed by atoms with E-state index >= 15 is 0 Å². The van der Waals surface area contributed by atoms with Crippen LogP contribution in [0.25, 0.3) is 0 Å². The van der Waals surface area contributed by atoms with Crippen LogP contribution in [0.3, 0.4) is 0 Å². The van der Waals surface area contributed by atoms with Gasteiger partial charge in [0.2, 0.25) is 0 Å². The van der Waals surface area contributed by atoms with Gasteiger partial charge in [0.25, 0.3) is 5.91 Å². The second-order valence-electron chi connectivity index (χ2n) is 4.94. The molecule has 0 heterocycles. The zero-order valence-corrected chi connectivity index (χ0v) is 12.1. The van der Waals surface area contributed by atoms with E-state index in [0.717, 1.165) is 11.3 Å². The minimum absolute atomic E-state index is 0.0109. The average molecular weight is 279 g/mol. The Morgan fingerprint density at radius 1 is 1.19 bits per heavy atom. The first kappa shape index (κ1) is 14.6. The van der Waals surface area contributed by atoms with Crippen LogP contribution in [0.4, 0.5) is 5.69 Å². The number of nitrogens with zero attached hydrogens (tertiary/aromatic N) is 2. The molecule has 106 valence electrons. The Kier molecular flexibility index (Phi) is 4.57. The highest BCUT2D eigenvalue weighted by Gasteiger charge is 2.06. The molecule has 0 radical (unpaired) electrons. The molecule has 4 nitrogen and oxygen atoms in total. The Morgan fingerprint density at radius 2 is 1.90 bits per heavy atom. The van der Waals surface area contributed by atoms with E-state index in [-0.39, 0.29) is 5.91 Å². The maximum atomic E-state index is 11.8. The number of carbonyl (C=O) groups is 1. The van der Waals surface area contributed by atoms with Crippen molar-refractivity contribution in [3.05, 3.63) is 65.2 Å². The standard InChI is InChI=1S/C17H17N3O/c1-20(2)17(21)15-6-8-16(9-7-15)19-12-14-5-3-4-13(10-14)11-18/h3-10,19H,12H2,1-2H3. The fraction of sp³-hybridized carbons (Fsp3) is 0.176. The predicted octanol–water partition coefficient (Wildman–Crippen LogP) is 2.87. The van der Waals surface area contributed by atoms with E-state index in [9.17, 15) is 4.79 Å². The highest BCUT2D eigenvalue weighted by atomic mass is 16.2. The second kappa shape index (κ2) is 6.58. The molecular weight excluding hydrogens is 262 g/mol. The number of nitrogens with one attached hydrogen (secondary N) is 1. The molecule has 0 aliphatic heterocycles. The topological polar surface area (TPSA) is 56.1 Å². The van der Waals surface area contributed by atoms with Gasteiger partial charge in [-0.25, -0.2) is 0 Å². The summed E-state index contributed by atoms with van der Waals surface area (Å²) >= 11 is 0. The molecule has 2 aromatic carbocycles. The van der Waals surface area contributed by atoms with Crippen LogP contribution in [0.1, 0.15) is 21.5 Å².